The highest BCUT2D eigenvalue weighted by atomic mass is 32.2. The van der Waals surface area contributed by atoms with Crippen LogP contribution in [0.3, 0.4) is 0 Å². The van der Waals surface area contributed by atoms with Crippen molar-refractivity contribution in [3.8, 4) is 0 Å². The van der Waals surface area contributed by atoms with Crippen LogP contribution in [-0.4, -0.2) is 20.2 Å². The number of hydrogen-bond donors (Lipinski definition) is 2. The van der Waals surface area contributed by atoms with Crippen LogP contribution in [0.1, 0.15) is 32.3 Å². The predicted octanol–water partition coefficient (Wildman–Crippen LogP) is 2.34. The lowest BCUT2D eigenvalue weighted by Gasteiger charge is -2.10. The molecule has 5 heteroatoms. The fourth-order valence-electron chi connectivity index (χ4n) is 1.90. The molecule has 4 nitrogen and oxygen atoms in total. The molecule has 19 heavy (non-hydrogen) atoms. The summed E-state index contributed by atoms with van der Waals surface area (Å²) >= 11 is 0. The van der Waals surface area contributed by atoms with Crippen molar-refractivity contribution in [1.29, 1.82) is 0 Å². The number of rotatable bonds is 7. The van der Waals surface area contributed by atoms with Gasteiger partial charge in [0.1, 0.15) is 0 Å². The third-order valence-electron chi connectivity index (χ3n) is 2.95. The second kappa shape index (κ2) is 5.92. The molecule has 0 bridgehead atoms. The minimum atomic E-state index is -3.23. The van der Waals surface area contributed by atoms with Crippen molar-refractivity contribution < 1.29 is 8.42 Å². The van der Waals surface area contributed by atoms with E-state index in [1.54, 1.807) is 0 Å². The highest BCUT2D eigenvalue weighted by Gasteiger charge is 2.19. The highest BCUT2D eigenvalue weighted by Crippen LogP contribution is 2.19. The van der Waals surface area contributed by atoms with E-state index in [1.807, 2.05) is 38.1 Å². The van der Waals surface area contributed by atoms with E-state index in [4.69, 9.17) is 0 Å². The number of hydrogen-bond acceptors (Lipinski definition) is 3. The maximum atomic E-state index is 11.8. The van der Waals surface area contributed by atoms with Gasteiger partial charge in [-0.05, 0) is 36.5 Å². The standard InChI is InChI=1S/C14H22N2O2S/c1-11(2)10-19(17,18)16-14-5-3-12(4-6-14)9-15-13-7-8-13/h3-6,11,13,15-16H,7-10H2,1-2H3. The molecule has 0 aliphatic heterocycles. The van der Waals surface area contributed by atoms with E-state index in [0.717, 1.165) is 6.54 Å². The monoisotopic (exact) mass is 282 g/mol. The molecule has 0 aromatic heterocycles. The van der Waals surface area contributed by atoms with Crippen molar-refractivity contribution in [1.82, 2.24) is 5.32 Å². The minimum Gasteiger partial charge on any atom is -0.310 e. The molecular weight excluding hydrogens is 260 g/mol. The number of benzene rings is 1. The lowest BCUT2D eigenvalue weighted by molar-refractivity contribution is 0.587. The Balaban J connectivity index is 1.90. The van der Waals surface area contributed by atoms with Gasteiger partial charge in [-0.15, -0.1) is 0 Å². The topological polar surface area (TPSA) is 58.2 Å². The Kier molecular flexibility index (Phi) is 4.47. The van der Waals surface area contributed by atoms with Gasteiger partial charge in [-0.2, -0.15) is 0 Å². The summed E-state index contributed by atoms with van der Waals surface area (Å²) in [5, 5.41) is 3.43. The van der Waals surface area contributed by atoms with E-state index in [1.165, 1.54) is 18.4 Å². The SMILES string of the molecule is CC(C)CS(=O)(=O)Nc1ccc(CNC2CC2)cc1. The summed E-state index contributed by atoms with van der Waals surface area (Å²) in [6.45, 7) is 4.64. The fourth-order valence-corrected chi connectivity index (χ4v) is 3.36. The van der Waals surface area contributed by atoms with Crippen LogP contribution in [0.2, 0.25) is 0 Å². The molecule has 1 aliphatic rings. The van der Waals surface area contributed by atoms with Gasteiger partial charge in [-0.3, -0.25) is 4.72 Å². The van der Waals surface area contributed by atoms with E-state index in [0.29, 0.717) is 11.7 Å². The van der Waals surface area contributed by atoms with Crippen LogP contribution in [0.5, 0.6) is 0 Å². The summed E-state index contributed by atoms with van der Waals surface area (Å²) < 4.78 is 26.2. The molecule has 106 valence electrons. The van der Waals surface area contributed by atoms with Gasteiger partial charge in [0.15, 0.2) is 0 Å². The molecule has 1 saturated carbocycles. The molecule has 1 aliphatic carbocycles. The van der Waals surface area contributed by atoms with Crippen LogP contribution in [0.15, 0.2) is 24.3 Å². The predicted molar refractivity (Wildman–Crippen MR) is 78.6 cm³/mol. The summed E-state index contributed by atoms with van der Waals surface area (Å²) in [5.74, 6) is 0.275. The van der Waals surface area contributed by atoms with Crippen molar-refractivity contribution in [2.45, 2.75) is 39.3 Å². The zero-order chi connectivity index (χ0) is 13.9. The van der Waals surface area contributed by atoms with Crippen LogP contribution in [-0.2, 0) is 16.6 Å². The third kappa shape index (κ3) is 5.20. The Morgan fingerprint density at radius 1 is 1.21 bits per heavy atom. The second-order valence-electron chi connectivity index (χ2n) is 5.63. The van der Waals surface area contributed by atoms with Crippen LogP contribution < -0.4 is 10.0 Å². The van der Waals surface area contributed by atoms with Gasteiger partial charge < -0.3 is 5.32 Å². The second-order valence-corrected chi connectivity index (χ2v) is 7.40. The van der Waals surface area contributed by atoms with Gasteiger partial charge >= 0.3 is 0 Å². The number of nitrogens with one attached hydrogen (secondary N) is 2. The molecule has 2 rings (SSSR count). The highest BCUT2D eigenvalue weighted by molar-refractivity contribution is 7.92. The first-order chi connectivity index (χ1) is 8.94. The Labute approximate surface area is 115 Å². The molecule has 0 radical (unpaired) electrons. The molecule has 1 fully saturated rings. The molecule has 0 saturated heterocycles. The van der Waals surface area contributed by atoms with Crippen LogP contribution in [0.25, 0.3) is 0 Å². The van der Waals surface area contributed by atoms with Crippen molar-refractivity contribution in [2.24, 2.45) is 5.92 Å². The molecule has 0 heterocycles. The van der Waals surface area contributed by atoms with Gasteiger partial charge in [-0.1, -0.05) is 26.0 Å². The molecule has 0 atom stereocenters. The van der Waals surface area contributed by atoms with Crippen LogP contribution >= 0.6 is 0 Å². The number of sulfonamides is 1. The Hall–Kier alpha value is -1.07. The smallest absolute Gasteiger partial charge is 0.232 e. The molecule has 0 unspecified atom stereocenters. The maximum Gasteiger partial charge on any atom is 0.232 e. The van der Waals surface area contributed by atoms with E-state index in [9.17, 15) is 8.42 Å². The summed E-state index contributed by atoms with van der Waals surface area (Å²) in [5.41, 5.74) is 1.81. The lowest BCUT2D eigenvalue weighted by atomic mass is 10.2. The quantitative estimate of drug-likeness (QED) is 0.807. The van der Waals surface area contributed by atoms with Crippen molar-refractivity contribution >= 4 is 15.7 Å². The van der Waals surface area contributed by atoms with E-state index in [-0.39, 0.29) is 11.7 Å². The normalized spacial score (nSPS) is 15.7. The third-order valence-corrected chi connectivity index (χ3v) is 4.60. The first kappa shape index (κ1) is 14.3. The van der Waals surface area contributed by atoms with Crippen LogP contribution in [0.4, 0.5) is 5.69 Å². The van der Waals surface area contributed by atoms with Gasteiger partial charge in [0.05, 0.1) is 5.75 Å². The van der Waals surface area contributed by atoms with Gasteiger partial charge in [-0.25, -0.2) is 8.42 Å². The average molecular weight is 282 g/mol. The summed E-state index contributed by atoms with van der Waals surface area (Å²) in [7, 11) is -3.23. The van der Waals surface area contributed by atoms with E-state index < -0.39 is 10.0 Å². The zero-order valence-electron chi connectivity index (χ0n) is 11.5. The Morgan fingerprint density at radius 2 is 1.84 bits per heavy atom. The van der Waals surface area contributed by atoms with Gasteiger partial charge in [0.2, 0.25) is 10.0 Å². The molecule has 1 aromatic rings. The summed E-state index contributed by atoms with van der Waals surface area (Å²) in [6.07, 6.45) is 2.54. The maximum absolute atomic E-state index is 11.8. The minimum absolute atomic E-state index is 0.125. The Bertz CT molecular complexity index is 505. The summed E-state index contributed by atoms with van der Waals surface area (Å²) in [4.78, 5) is 0. The Morgan fingerprint density at radius 3 is 2.37 bits per heavy atom. The first-order valence-electron chi connectivity index (χ1n) is 6.77. The van der Waals surface area contributed by atoms with Crippen molar-refractivity contribution in [2.75, 3.05) is 10.5 Å². The van der Waals surface area contributed by atoms with Crippen molar-refractivity contribution in [3.05, 3.63) is 29.8 Å². The van der Waals surface area contributed by atoms with Gasteiger partial charge in [0, 0.05) is 18.3 Å². The molecule has 0 amide bonds. The molecule has 1 aromatic carbocycles. The van der Waals surface area contributed by atoms with Gasteiger partial charge in [0.25, 0.3) is 0 Å². The average Bonchev–Trinajstić information content (AvgIpc) is 3.09. The van der Waals surface area contributed by atoms with Crippen molar-refractivity contribution in [3.63, 3.8) is 0 Å². The molecule has 2 N–H and O–H groups in total. The summed E-state index contributed by atoms with van der Waals surface area (Å²) in [6, 6.07) is 8.25. The van der Waals surface area contributed by atoms with E-state index >= 15 is 0 Å². The molecular formula is C14H22N2O2S. The lowest BCUT2D eigenvalue weighted by Crippen LogP contribution is -2.20. The number of anilines is 1. The first-order valence-corrected chi connectivity index (χ1v) is 8.42. The molecule has 0 spiro atoms. The van der Waals surface area contributed by atoms with E-state index in [2.05, 4.69) is 10.0 Å². The zero-order valence-corrected chi connectivity index (χ0v) is 12.3. The fraction of sp³-hybridized carbons (Fsp3) is 0.571. The van der Waals surface area contributed by atoms with Crippen LogP contribution in [0, 0.1) is 5.92 Å². The largest absolute Gasteiger partial charge is 0.310 e.